The van der Waals surface area contributed by atoms with Crippen LogP contribution in [0.2, 0.25) is 10.0 Å². The Hall–Kier alpha value is -1.10. The number of nitrogens with zero attached hydrogens (tertiary/aromatic N) is 2. The monoisotopic (exact) mass is 283 g/mol. The van der Waals surface area contributed by atoms with Crippen molar-refractivity contribution < 1.29 is 4.52 Å². The van der Waals surface area contributed by atoms with Crippen molar-refractivity contribution in [2.75, 3.05) is 0 Å². The molecule has 0 atom stereocenters. The summed E-state index contributed by atoms with van der Waals surface area (Å²) in [4.78, 5) is 4.30. The smallest absolute Gasteiger partial charge is 0.259 e. The van der Waals surface area contributed by atoms with Crippen molar-refractivity contribution in [3.63, 3.8) is 0 Å². The van der Waals surface area contributed by atoms with Crippen LogP contribution in [0.1, 0.15) is 18.7 Å². The van der Waals surface area contributed by atoms with Crippen molar-refractivity contribution in [2.24, 2.45) is 0 Å². The molecule has 2 aromatic rings. The molecule has 0 bridgehead atoms. The van der Waals surface area contributed by atoms with Crippen LogP contribution in [-0.2, 0) is 6.54 Å². The maximum absolute atomic E-state index is 6.10. The highest BCUT2D eigenvalue weighted by molar-refractivity contribution is 6.43. The van der Waals surface area contributed by atoms with E-state index in [-0.39, 0.29) is 0 Å². The van der Waals surface area contributed by atoms with Crippen LogP contribution in [0, 0.1) is 0 Å². The van der Waals surface area contributed by atoms with Crippen LogP contribution in [0.3, 0.4) is 0 Å². The minimum Gasteiger partial charge on any atom is -0.334 e. The number of aromatic nitrogens is 2. The zero-order valence-electron chi connectivity index (χ0n) is 9.49. The summed E-state index contributed by atoms with van der Waals surface area (Å²) >= 11 is 12.0. The first-order chi connectivity index (χ1) is 8.74. The fraction of sp³-hybridized carbons (Fsp3) is 0.333. The quantitative estimate of drug-likeness (QED) is 0.936. The molecule has 1 saturated carbocycles. The van der Waals surface area contributed by atoms with E-state index in [1.54, 1.807) is 18.2 Å². The molecule has 0 aliphatic heterocycles. The van der Waals surface area contributed by atoms with Crippen LogP contribution >= 0.6 is 23.2 Å². The number of halogens is 2. The molecule has 0 radical (unpaired) electrons. The lowest BCUT2D eigenvalue weighted by Crippen LogP contribution is -2.16. The topological polar surface area (TPSA) is 51.0 Å². The zero-order valence-corrected chi connectivity index (χ0v) is 11.0. The van der Waals surface area contributed by atoms with Gasteiger partial charge in [0, 0.05) is 6.04 Å². The average Bonchev–Trinajstić information content (AvgIpc) is 3.08. The second kappa shape index (κ2) is 4.88. The fourth-order valence-corrected chi connectivity index (χ4v) is 2.01. The zero-order chi connectivity index (χ0) is 12.5. The Morgan fingerprint density at radius 3 is 2.94 bits per heavy atom. The highest BCUT2D eigenvalue weighted by atomic mass is 35.5. The van der Waals surface area contributed by atoms with Crippen LogP contribution in [-0.4, -0.2) is 16.2 Å². The molecular formula is C12H11Cl2N3O. The molecule has 4 nitrogen and oxygen atoms in total. The molecule has 0 spiro atoms. The van der Waals surface area contributed by atoms with E-state index in [0.29, 0.717) is 39.9 Å². The van der Waals surface area contributed by atoms with Gasteiger partial charge in [-0.25, -0.2) is 0 Å². The molecule has 1 aliphatic carbocycles. The van der Waals surface area contributed by atoms with Gasteiger partial charge in [0.2, 0.25) is 0 Å². The molecule has 1 N–H and O–H groups in total. The molecule has 1 aromatic carbocycles. The van der Waals surface area contributed by atoms with Gasteiger partial charge in [-0.2, -0.15) is 4.98 Å². The lowest BCUT2D eigenvalue weighted by atomic mass is 10.2. The second-order valence-corrected chi connectivity index (χ2v) is 5.06. The molecule has 1 aliphatic rings. The van der Waals surface area contributed by atoms with E-state index >= 15 is 0 Å². The Morgan fingerprint density at radius 2 is 2.17 bits per heavy atom. The molecule has 1 fully saturated rings. The summed E-state index contributed by atoms with van der Waals surface area (Å²) < 4.78 is 5.20. The Kier molecular flexibility index (Phi) is 3.24. The van der Waals surface area contributed by atoms with Crippen molar-refractivity contribution in [1.29, 1.82) is 0 Å². The molecule has 0 unspecified atom stereocenters. The highest BCUT2D eigenvalue weighted by Gasteiger charge is 2.21. The van der Waals surface area contributed by atoms with E-state index in [2.05, 4.69) is 15.5 Å². The summed E-state index contributed by atoms with van der Waals surface area (Å²) in [5, 5.41) is 8.14. The van der Waals surface area contributed by atoms with Crippen LogP contribution < -0.4 is 5.32 Å². The summed E-state index contributed by atoms with van der Waals surface area (Å²) in [5.41, 5.74) is 0.661. The van der Waals surface area contributed by atoms with E-state index in [1.807, 2.05) is 0 Å². The van der Waals surface area contributed by atoms with Crippen molar-refractivity contribution in [3.05, 3.63) is 34.1 Å². The van der Waals surface area contributed by atoms with E-state index < -0.39 is 0 Å². The minimum absolute atomic E-state index is 0.398. The summed E-state index contributed by atoms with van der Waals surface area (Å²) in [6.45, 7) is 0.617. The fourth-order valence-electron chi connectivity index (χ4n) is 1.63. The van der Waals surface area contributed by atoms with E-state index in [0.717, 1.165) is 0 Å². The van der Waals surface area contributed by atoms with Gasteiger partial charge in [-0.05, 0) is 25.0 Å². The molecule has 0 amide bonds. The van der Waals surface area contributed by atoms with Crippen LogP contribution in [0.5, 0.6) is 0 Å². The number of benzene rings is 1. The Morgan fingerprint density at radius 1 is 1.33 bits per heavy atom. The molecule has 1 heterocycles. The number of hydrogen-bond donors (Lipinski definition) is 1. The van der Waals surface area contributed by atoms with Gasteiger partial charge in [0.25, 0.3) is 5.89 Å². The van der Waals surface area contributed by atoms with E-state index in [4.69, 9.17) is 27.7 Å². The highest BCUT2D eigenvalue weighted by Crippen LogP contribution is 2.32. The molecular weight excluding hydrogens is 273 g/mol. The summed E-state index contributed by atoms with van der Waals surface area (Å²) in [6.07, 6.45) is 2.45. The van der Waals surface area contributed by atoms with Crippen LogP contribution in [0.4, 0.5) is 0 Å². The lowest BCUT2D eigenvalue weighted by Gasteiger charge is -1.99. The van der Waals surface area contributed by atoms with Crippen molar-refractivity contribution >= 4 is 23.2 Å². The Labute approximate surface area is 114 Å². The Bertz CT molecular complexity index is 566. The van der Waals surface area contributed by atoms with Crippen molar-refractivity contribution in [3.8, 4) is 11.5 Å². The standard InChI is InChI=1S/C12H11Cl2N3O/c13-9-3-1-2-8(11(9)14)12-16-10(17-18-12)6-15-7-4-5-7/h1-3,7,15H,4-6H2. The van der Waals surface area contributed by atoms with Gasteiger partial charge in [0.1, 0.15) is 0 Å². The largest absolute Gasteiger partial charge is 0.334 e. The lowest BCUT2D eigenvalue weighted by molar-refractivity contribution is 0.419. The van der Waals surface area contributed by atoms with Gasteiger partial charge in [0.15, 0.2) is 5.82 Å². The molecule has 1 aromatic heterocycles. The predicted octanol–water partition coefficient (Wildman–Crippen LogP) is 3.30. The predicted molar refractivity (Wildman–Crippen MR) is 69.6 cm³/mol. The first-order valence-electron chi connectivity index (χ1n) is 5.74. The van der Waals surface area contributed by atoms with Gasteiger partial charge in [0.05, 0.1) is 22.2 Å². The van der Waals surface area contributed by atoms with Crippen molar-refractivity contribution in [1.82, 2.24) is 15.5 Å². The minimum atomic E-state index is 0.398. The first kappa shape index (κ1) is 12.0. The molecule has 3 rings (SSSR count). The second-order valence-electron chi connectivity index (χ2n) is 4.27. The molecule has 94 valence electrons. The van der Waals surface area contributed by atoms with Gasteiger partial charge in [-0.1, -0.05) is 34.4 Å². The van der Waals surface area contributed by atoms with Crippen LogP contribution in [0.15, 0.2) is 22.7 Å². The Balaban J connectivity index is 1.80. The molecule has 0 saturated heterocycles. The molecule has 18 heavy (non-hydrogen) atoms. The number of hydrogen-bond acceptors (Lipinski definition) is 4. The van der Waals surface area contributed by atoms with Gasteiger partial charge < -0.3 is 9.84 Å². The maximum Gasteiger partial charge on any atom is 0.259 e. The SMILES string of the molecule is Clc1cccc(-c2nc(CNC3CC3)no2)c1Cl. The van der Waals surface area contributed by atoms with Crippen LogP contribution in [0.25, 0.3) is 11.5 Å². The third-order valence-electron chi connectivity index (χ3n) is 2.78. The summed E-state index contributed by atoms with van der Waals surface area (Å²) in [5.74, 6) is 1.03. The first-order valence-corrected chi connectivity index (χ1v) is 6.50. The van der Waals surface area contributed by atoms with Crippen molar-refractivity contribution in [2.45, 2.75) is 25.4 Å². The van der Waals surface area contributed by atoms with E-state index in [9.17, 15) is 0 Å². The van der Waals surface area contributed by atoms with Gasteiger partial charge in [-0.15, -0.1) is 0 Å². The number of rotatable bonds is 4. The molecule has 6 heteroatoms. The number of nitrogens with one attached hydrogen (secondary N) is 1. The third kappa shape index (κ3) is 2.51. The average molecular weight is 284 g/mol. The maximum atomic E-state index is 6.10. The third-order valence-corrected chi connectivity index (χ3v) is 3.60. The van der Waals surface area contributed by atoms with E-state index in [1.165, 1.54) is 12.8 Å². The van der Waals surface area contributed by atoms with Gasteiger partial charge >= 0.3 is 0 Å². The van der Waals surface area contributed by atoms with Gasteiger partial charge in [-0.3, -0.25) is 0 Å². The normalized spacial score (nSPS) is 15.0. The summed E-state index contributed by atoms with van der Waals surface area (Å²) in [6, 6.07) is 5.94. The summed E-state index contributed by atoms with van der Waals surface area (Å²) in [7, 11) is 0.